The molecule has 1 aliphatic heterocycles. The van der Waals surface area contributed by atoms with Gasteiger partial charge in [0.1, 0.15) is 17.3 Å². The zero-order chi connectivity index (χ0) is 20.7. The van der Waals surface area contributed by atoms with Crippen molar-refractivity contribution in [3.63, 3.8) is 0 Å². The van der Waals surface area contributed by atoms with Crippen LogP contribution in [-0.4, -0.2) is 44.7 Å². The van der Waals surface area contributed by atoms with Crippen LogP contribution in [0.1, 0.15) is 5.69 Å². The third kappa shape index (κ3) is 3.47. The average molecular weight is 430 g/mol. The Morgan fingerprint density at radius 3 is 2.73 bits per heavy atom. The summed E-state index contributed by atoms with van der Waals surface area (Å²) >= 11 is 6.11. The van der Waals surface area contributed by atoms with Crippen LogP contribution in [0.4, 0.5) is 8.78 Å². The van der Waals surface area contributed by atoms with Crippen molar-refractivity contribution in [2.75, 3.05) is 19.7 Å². The summed E-state index contributed by atoms with van der Waals surface area (Å²) in [5, 5.41) is 3.77. The van der Waals surface area contributed by atoms with Crippen LogP contribution in [0.15, 0.2) is 49.2 Å². The van der Waals surface area contributed by atoms with Crippen LogP contribution >= 0.6 is 11.6 Å². The fraction of sp³-hybridized carbons (Fsp3) is 0.238. The Kier molecular flexibility index (Phi) is 4.98. The predicted molar refractivity (Wildman–Crippen MR) is 109 cm³/mol. The van der Waals surface area contributed by atoms with E-state index in [0.717, 1.165) is 6.54 Å². The van der Waals surface area contributed by atoms with E-state index in [0.29, 0.717) is 41.6 Å². The monoisotopic (exact) mass is 429 g/mol. The number of nitrogens with zero attached hydrogens (tertiary/aromatic N) is 4. The van der Waals surface area contributed by atoms with Crippen LogP contribution < -0.4 is 5.32 Å². The van der Waals surface area contributed by atoms with E-state index in [1.807, 2.05) is 4.40 Å². The molecule has 6 nitrogen and oxygen atoms in total. The number of hydrogen-bond donors (Lipinski definition) is 1. The van der Waals surface area contributed by atoms with E-state index in [-0.39, 0.29) is 17.4 Å². The van der Waals surface area contributed by atoms with Gasteiger partial charge in [-0.25, -0.2) is 18.7 Å². The van der Waals surface area contributed by atoms with Gasteiger partial charge in [0.05, 0.1) is 41.7 Å². The predicted octanol–water partition coefficient (Wildman–Crippen LogP) is 3.65. The summed E-state index contributed by atoms with van der Waals surface area (Å²) in [4.78, 5) is 8.45. The fourth-order valence-corrected chi connectivity index (χ4v) is 3.93. The first-order valence-electron chi connectivity index (χ1n) is 9.56. The van der Waals surface area contributed by atoms with E-state index in [4.69, 9.17) is 16.3 Å². The first kappa shape index (κ1) is 19.2. The van der Waals surface area contributed by atoms with Crippen molar-refractivity contribution >= 4 is 17.2 Å². The molecule has 0 aliphatic carbocycles. The summed E-state index contributed by atoms with van der Waals surface area (Å²) < 4.78 is 39.5. The molecule has 0 bridgehead atoms. The molecule has 0 spiro atoms. The number of benzene rings is 1. The maximum absolute atomic E-state index is 15.2. The summed E-state index contributed by atoms with van der Waals surface area (Å²) in [6.07, 6.45) is 6.75. The number of aromatic nitrogens is 4. The molecule has 3 aromatic heterocycles. The molecule has 4 heterocycles. The van der Waals surface area contributed by atoms with Gasteiger partial charge in [0.15, 0.2) is 0 Å². The topological polar surface area (TPSA) is 56.4 Å². The molecule has 0 saturated carbocycles. The van der Waals surface area contributed by atoms with Gasteiger partial charge in [-0.1, -0.05) is 11.6 Å². The molecule has 1 atom stereocenters. The minimum atomic E-state index is -0.697. The SMILES string of the molecule is Fc1cc(-n2ccnc2)cc(F)c1-c1nc2cc(Cl)ccn2c1CC1CNCCO1. The highest BCUT2D eigenvalue weighted by Gasteiger charge is 2.25. The zero-order valence-corrected chi connectivity index (χ0v) is 16.6. The number of rotatable bonds is 4. The minimum absolute atomic E-state index is 0.121. The van der Waals surface area contributed by atoms with Crippen molar-refractivity contribution in [2.24, 2.45) is 0 Å². The number of halogens is 3. The van der Waals surface area contributed by atoms with E-state index in [1.165, 1.54) is 18.5 Å². The summed E-state index contributed by atoms with van der Waals surface area (Å²) in [5.74, 6) is -1.39. The molecule has 0 amide bonds. The first-order valence-corrected chi connectivity index (χ1v) is 9.94. The Labute approximate surface area is 176 Å². The molecule has 1 aliphatic rings. The largest absolute Gasteiger partial charge is 0.375 e. The van der Waals surface area contributed by atoms with Crippen LogP contribution in [-0.2, 0) is 11.2 Å². The zero-order valence-electron chi connectivity index (χ0n) is 15.9. The van der Waals surface area contributed by atoms with Gasteiger partial charge >= 0.3 is 0 Å². The lowest BCUT2D eigenvalue weighted by atomic mass is 10.0. The molecule has 1 fully saturated rings. The maximum Gasteiger partial charge on any atom is 0.139 e. The Hall–Kier alpha value is -2.81. The van der Waals surface area contributed by atoms with Crippen molar-refractivity contribution < 1.29 is 13.5 Å². The van der Waals surface area contributed by atoms with Gasteiger partial charge in [-0.05, 0) is 18.2 Å². The summed E-state index contributed by atoms with van der Waals surface area (Å²) in [7, 11) is 0. The van der Waals surface area contributed by atoms with Crippen LogP contribution in [0.5, 0.6) is 0 Å². The van der Waals surface area contributed by atoms with E-state index in [2.05, 4.69) is 15.3 Å². The first-order chi connectivity index (χ1) is 14.6. The number of imidazole rings is 2. The van der Waals surface area contributed by atoms with Crippen LogP contribution in [0.25, 0.3) is 22.6 Å². The Balaban J connectivity index is 1.65. The van der Waals surface area contributed by atoms with Crippen molar-refractivity contribution in [1.82, 2.24) is 24.3 Å². The fourth-order valence-electron chi connectivity index (χ4n) is 3.78. The smallest absolute Gasteiger partial charge is 0.139 e. The Morgan fingerprint density at radius 1 is 1.20 bits per heavy atom. The number of pyridine rings is 1. The molecule has 5 rings (SSSR count). The van der Waals surface area contributed by atoms with Gasteiger partial charge in [0.2, 0.25) is 0 Å². The lowest BCUT2D eigenvalue weighted by molar-refractivity contribution is 0.0286. The Bertz CT molecular complexity index is 1180. The molecular formula is C21H18ClF2N5O. The molecular weight excluding hydrogens is 412 g/mol. The van der Waals surface area contributed by atoms with Gasteiger partial charge < -0.3 is 19.0 Å². The maximum atomic E-state index is 15.2. The molecule has 30 heavy (non-hydrogen) atoms. The van der Waals surface area contributed by atoms with Crippen molar-refractivity contribution in [2.45, 2.75) is 12.5 Å². The summed E-state index contributed by atoms with van der Waals surface area (Å²) in [6.45, 7) is 2.03. The van der Waals surface area contributed by atoms with Gasteiger partial charge in [-0.2, -0.15) is 0 Å². The molecule has 9 heteroatoms. The average Bonchev–Trinajstić information content (AvgIpc) is 3.37. The normalized spacial score (nSPS) is 17.0. The van der Waals surface area contributed by atoms with Crippen molar-refractivity contribution in [3.8, 4) is 16.9 Å². The molecule has 0 radical (unpaired) electrons. The number of morpholine rings is 1. The van der Waals surface area contributed by atoms with Crippen LogP contribution in [0.3, 0.4) is 0 Å². The van der Waals surface area contributed by atoms with Crippen LogP contribution in [0.2, 0.25) is 5.02 Å². The number of fused-ring (bicyclic) bond motifs is 1. The lowest BCUT2D eigenvalue weighted by Gasteiger charge is -2.24. The van der Waals surface area contributed by atoms with Gasteiger partial charge in [0.25, 0.3) is 0 Å². The molecule has 1 aromatic carbocycles. The van der Waals surface area contributed by atoms with E-state index < -0.39 is 11.6 Å². The quantitative estimate of drug-likeness (QED) is 0.538. The second-order valence-corrected chi connectivity index (χ2v) is 7.57. The van der Waals surface area contributed by atoms with Crippen molar-refractivity contribution in [3.05, 3.63) is 71.5 Å². The summed E-state index contributed by atoms with van der Waals surface area (Å²) in [6, 6.07) is 5.95. The second kappa shape index (κ2) is 7.79. The lowest BCUT2D eigenvalue weighted by Crippen LogP contribution is -2.39. The van der Waals surface area contributed by atoms with Crippen LogP contribution in [0, 0.1) is 11.6 Å². The Morgan fingerprint density at radius 2 is 2.03 bits per heavy atom. The minimum Gasteiger partial charge on any atom is -0.375 e. The number of nitrogens with one attached hydrogen (secondary N) is 1. The van der Waals surface area contributed by atoms with Gasteiger partial charge in [-0.15, -0.1) is 0 Å². The second-order valence-electron chi connectivity index (χ2n) is 7.14. The molecule has 154 valence electrons. The van der Waals surface area contributed by atoms with Gasteiger partial charge in [0, 0.05) is 49.2 Å². The highest BCUT2D eigenvalue weighted by Crippen LogP contribution is 2.32. The van der Waals surface area contributed by atoms with E-state index in [1.54, 1.807) is 35.3 Å². The molecule has 1 saturated heterocycles. The number of hydrogen-bond acceptors (Lipinski definition) is 4. The molecule has 1 N–H and O–H groups in total. The highest BCUT2D eigenvalue weighted by molar-refractivity contribution is 6.30. The van der Waals surface area contributed by atoms with E-state index >= 15 is 8.78 Å². The summed E-state index contributed by atoms with van der Waals surface area (Å²) in [5.41, 5.74) is 1.62. The number of ether oxygens (including phenoxy) is 1. The highest BCUT2D eigenvalue weighted by atomic mass is 35.5. The van der Waals surface area contributed by atoms with E-state index in [9.17, 15) is 0 Å². The van der Waals surface area contributed by atoms with Gasteiger partial charge in [-0.3, -0.25) is 0 Å². The van der Waals surface area contributed by atoms with Crippen molar-refractivity contribution in [1.29, 1.82) is 0 Å². The molecule has 1 unspecified atom stereocenters. The molecule has 4 aromatic rings. The third-order valence-electron chi connectivity index (χ3n) is 5.18. The standard InChI is InChI=1S/C21H18ClF2N5O/c22-13-1-4-29-18(10-15-11-25-3-6-30-15)21(27-19(29)7-13)20-16(23)8-14(9-17(20)24)28-5-2-26-12-28/h1-2,4-5,7-9,12,15,25H,3,6,10-11H2. The third-order valence-corrected chi connectivity index (χ3v) is 5.41.